The minimum Gasteiger partial charge on any atom is -0.412 e. The normalized spacial score (nSPS) is 6.67. The molecule has 0 aromatic rings. The Bertz CT molecular complexity index is 35.0. The van der Waals surface area contributed by atoms with Crippen molar-refractivity contribution in [1.29, 1.82) is 0 Å². The topological polar surface area (TPSA) is 92.2 Å². The molecule has 0 amide bonds. The molecule has 0 fully saturated rings. The molecule has 0 heterocycles. The van der Waals surface area contributed by atoms with E-state index < -0.39 is 6.10 Å². The monoisotopic (exact) mass is 160 g/mol. The first-order valence-corrected chi connectivity index (χ1v) is 1.71. The third-order valence-corrected chi connectivity index (χ3v) is 0.421. The summed E-state index contributed by atoms with van der Waals surface area (Å²) in [5.41, 5.74) is 0. The zero-order valence-corrected chi connectivity index (χ0v) is 8.53. The Morgan fingerprint density at radius 3 is 1.33 bits per heavy atom. The van der Waals surface area contributed by atoms with E-state index >= 15 is 0 Å². The fraction of sp³-hybridized carbons (Fsp3) is 1.00. The Morgan fingerprint density at radius 2 is 1.33 bits per heavy atom. The van der Waals surface area contributed by atoms with E-state index in [4.69, 9.17) is 15.3 Å². The summed E-state index contributed by atoms with van der Waals surface area (Å²) in [6.45, 7) is -0.729. The molecular weight excluding hydrogens is 150 g/mol. The average molecular weight is 160 g/mol. The summed E-state index contributed by atoms with van der Waals surface area (Å²) >= 11 is 0. The Labute approximate surface area is 98.6 Å². The predicted molar refractivity (Wildman–Crippen MR) is 35.3 cm³/mol. The molecule has 0 aliphatic rings. The molecule has 50 valence electrons. The number of aliphatic hydroxyl groups excluding tert-OH is 3. The van der Waals surface area contributed by atoms with E-state index in [0.717, 1.165) is 0 Å². The van der Waals surface area contributed by atoms with Gasteiger partial charge in [0.1, 0.15) is 6.10 Å². The van der Waals surface area contributed by atoms with Gasteiger partial charge in [-0.2, -0.15) is 0 Å². The Balaban J connectivity index is -0.0000000417. The number of hydrogen-bond acceptors (Lipinski definition) is 3. The van der Waals surface area contributed by atoms with E-state index in [9.17, 15) is 0 Å². The molecule has 0 bridgehead atoms. The van der Waals surface area contributed by atoms with Crippen LogP contribution in [0.15, 0.2) is 0 Å². The van der Waals surface area contributed by atoms with Gasteiger partial charge in [0, 0.05) is 59.8 Å². The van der Waals surface area contributed by atoms with Gasteiger partial charge in [0.05, 0.1) is 13.2 Å². The summed E-state index contributed by atoms with van der Waals surface area (Å²) in [5.74, 6) is 0. The van der Waals surface area contributed by atoms with Crippen LogP contribution in [0, 0.1) is 0 Å². The van der Waals surface area contributed by atoms with Crippen LogP contribution in [-0.4, -0.2) is 99.9 Å². The molecule has 5 N–H and O–H groups in total. The summed E-state index contributed by atoms with van der Waals surface area (Å²) in [4.78, 5) is 0. The van der Waals surface area contributed by atoms with Gasteiger partial charge in [-0.25, -0.2) is 0 Å². The predicted octanol–water partition coefficient (Wildman–Crippen LogP) is -3.25. The maximum atomic E-state index is 8.17. The van der Waals surface area contributed by atoms with E-state index in [0.29, 0.717) is 0 Å². The van der Waals surface area contributed by atoms with Crippen LogP contribution < -0.4 is 0 Å². The fourth-order valence-corrected chi connectivity index (χ4v) is 0.0577. The summed E-state index contributed by atoms with van der Waals surface area (Å²) in [7, 11) is 0. The van der Waals surface area contributed by atoms with Gasteiger partial charge >= 0.3 is 0 Å². The first kappa shape index (κ1) is 22.4. The maximum absolute atomic E-state index is 8.17. The van der Waals surface area contributed by atoms with Crippen LogP contribution in [0.3, 0.4) is 0 Å². The number of aliphatic hydroxyl groups is 3. The molecule has 6 heteroatoms. The first-order valence-electron chi connectivity index (χ1n) is 1.71. The molecule has 0 spiro atoms. The van der Waals surface area contributed by atoms with Crippen molar-refractivity contribution in [2.75, 3.05) is 13.2 Å². The second-order valence-corrected chi connectivity index (χ2v) is 1.02. The molecule has 0 aromatic carbocycles. The van der Waals surface area contributed by atoms with E-state index in [2.05, 4.69) is 0 Å². The molecule has 0 unspecified atom stereocenters. The molecule has 0 rings (SSSR count). The second kappa shape index (κ2) is 16.3. The van der Waals surface area contributed by atoms with Crippen LogP contribution in [0.25, 0.3) is 0 Å². The van der Waals surface area contributed by atoms with Gasteiger partial charge in [0.2, 0.25) is 0 Å². The summed E-state index contributed by atoms with van der Waals surface area (Å²) < 4.78 is 0. The minimum absolute atomic E-state index is 0. The zero-order chi connectivity index (χ0) is 4.99. The third kappa shape index (κ3) is 17.7. The van der Waals surface area contributed by atoms with E-state index in [1.54, 1.807) is 0 Å². The van der Waals surface area contributed by atoms with Crippen molar-refractivity contribution in [2.24, 2.45) is 0 Å². The van der Waals surface area contributed by atoms with Gasteiger partial charge in [-0.3, -0.25) is 0 Å². The van der Waals surface area contributed by atoms with Crippen LogP contribution in [0.1, 0.15) is 0 Å². The van der Waals surface area contributed by atoms with Gasteiger partial charge in [0.25, 0.3) is 0 Å². The van der Waals surface area contributed by atoms with Crippen molar-refractivity contribution in [2.45, 2.75) is 6.10 Å². The summed E-state index contributed by atoms with van der Waals surface area (Å²) in [6, 6.07) is 0. The fourth-order valence-electron chi connectivity index (χ4n) is 0.0577. The SMILES string of the molecule is O.OCC(O)CO.[B].[K]. The van der Waals surface area contributed by atoms with E-state index in [1.807, 2.05) is 0 Å². The molecule has 9 heavy (non-hydrogen) atoms. The quantitative estimate of drug-likeness (QED) is 0.370. The van der Waals surface area contributed by atoms with Crippen LogP contribution in [0.2, 0.25) is 0 Å². The zero-order valence-electron chi connectivity index (χ0n) is 5.41. The molecular formula is C3H10BKO4. The average Bonchev–Trinajstić information content (AvgIpc) is 1.65. The van der Waals surface area contributed by atoms with Crippen LogP contribution in [-0.2, 0) is 0 Å². The van der Waals surface area contributed by atoms with Crippen LogP contribution >= 0.6 is 0 Å². The standard InChI is InChI=1S/C3H8O3.B.K.H2O/c4-1-3(6)2-5;;;/h3-6H,1-2H2;;;1H2. The van der Waals surface area contributed by atoms with Crippen molar-refractivity contribution in [3.05, 3.63) is 0 Å². The van der Waals surface area contributed by atoms with Gasteiger partial charge < -0.3 is 20.8 Å². The van der Waals surface area contributed by atoms with Crippen molar-refractivity contribution in [1.82, 2.24) is 0 Å². The Morgan fingerprint density at radius 1 is 1.11 bits per heavy atom. The van der Waals surface area contributed by atoms with Gasteiger partial charge in [0.15, 0.2) is 0 Å². The smallest absolute Gasteiger partial charge is 0.100 e. The van der Waals surface area contributed by atoms with Gasteiger partial charge in [-0.05, 0) is 0 Å². The molecule has 4 radical (unpaired) electrons. The summed E-state index contributed by atoms with van der Waals surface area (Å²) in [6.07, 6.45) is -0.954. The first-order chi connectivity index (χ1) is 2.81. The molecule has 0 aromatic heterocycles. The molecule has 0 atom stereocenters. The Hall–Kier alpha value is 1.54. The van der Waals surface area contributed by atoms with E-state index in [1.165, 1.54) is 0 Å². The third-order valence-electron chi connectivity index (χ3n) is 0.421. The van der Waals surface area contributed by atoms with Crippen molar-refractivity contribution in [3.63, 3.8) is 0 Å². The Kier molecular flexibility index (Phi) is 40.5. The van der Waals surface area contributed by atoms with E-state index in [-0.39, 0.29) is 78.5 Å². The molecule has 0 saturated carbocycles. The second-order valence-electron chi connectivity index (χ2n) is 1.02. The number of rotatable bonds is 2. The molecule has 4 nitrogen and oxygen atoms in total. The van der Waals surface area contributed by atoms with Crippen molar-refractivity contribution in [3.8, 4) is 0 Å². The van der Waals surface area contributed by atoms with Gasteiger partial charge in [-0.15, -0.1) is 0 Å². The molecule has 0 saturated heterocycles. The largest absolute Gasteiger partial charge is 0.412 e. The van der Waals surface area contributed by atoms with Crippen LogP contribution in [0.5, 0.6) is 0 Å². The molecule has 0 aliphatic carbocycles. The van der Waals surface area contributed by atoms with Gasteiger partial charge in [-0.1, -0.05) is 0 Å². The number of hydrogen-bond donors (Lipinski definition) is 3. The molecule has 0 aliphatic heterocycles. The van der Waals surface area contributed by atoms with Crippen molar-refractivity contribution < 1.29 is 20.8 Å². The van der Waals surface area contributed by atoms with Crippen LogP contribution in [0.4, 0.5) is 0 Å². The summed E-state index contributed by atoms with van der Waals surface area (Å²) in [5, 5.41) is 24.0. The minimum atomic E-state index is -0.954. The maximum Gasteiger partial charge on any atom is 0.100 e. The van der Waals surface area contributed by atoms with Crippen molar-refractivity contribution >= 4 is 59.8 Å².